The first kappa shape index (κ1) is 21.0. The Hall–Kier alpha value is -3.90. The quantitative estimate of drug-likeness (QED) is 0.321. The molecule has 1 atom stereocenters. The largest absolute Gasteiger partial charge is 0.354 e. The SMILES string of the molecule is C[C@]1(c2ccc(Cl)cc2)NC(=O)N(CC(=O)c2c(-c3ccccc3)[nH]c3ccccc23)C1=O. The average molecular weight is 458 g/mol. The molecule has 2 N–H and O–H groups in total. The van der Waals surface area contributed by atoms with Gasteiger partial charge in [0.1, 0.15) is 5.54 Å². The third-order valence-corrected chi connectivity index (χ3v) is 6.30. The molecular weight excluding hydrogens is 438 g/mol. The highest BCUT2D eigenvalue weighted by molar-refractivity contribution is 6.30. The number of halogens is 1. The fraction of sp³-hybridized carbons (Fsp3) is 0.115. The van der Waals surface area contributed by atoms with E-state index in [0.717, 1.165) is 21.4 Å². The molecule has 1 fully saturated rings. The van der Waals surface area contributed by atoms with E-state index in [1.807, 2.05) is 54.6 Å². The van der Waals surface area contributed by atoms with Gasteiger partial charge in [-0.2, -0.15) is 0 Å². The van der Waals surface area contributed by atoms with Gasteiger partial charge in [0.05, 0.1) is 17.8 Å². The minimum absolute atomic E-state index is 0.324. The number of fused-ring (bicyclic) bond motifs is 1. The van der Waals surface area contributed by atoms with Crippen molar-refractivity contribution in [2.45, 2.75) is 12.5 Å². The molecule has 2 heterocycles. The standard InChI is InChI=1S/C26H20ClN3O3/c1-26(17-11-13-18(27)14-12-17)24(32)30(25(33)29-26)15-21(31)22-19-9-5-6-10-20(19)28-23(22)16-7-3-2-4-8-16/h2-14,28H,15H2,1H3,(H,29,33)/t26-/m1/s1. The summed E-state index contributed by atoms with van der Waals surface area (Å²) in [5.41, 5.74) is 2.09. The van der Waals surface area contributed by atoms with Gasteiger partial charge >= 0.3 is 6.03 Å². The molecule has 0 saturated carbocycles. The third-order valence-electron chi connectivity index (χ3n) is 6.05. The van der Waals surface area contributed by atoms with Gasteiger partial charge in [-0.3, -0.25) is 14.5 Å². The van der Waals surface area contributed by atoms with Crippen molar-refractivity contribution < 1.29 is 14.4 Å². The fourth-order valence-corrected chi connectivity index (χ4v) is 4.42. The van der Waals surface area contributed by atoms with E-state index < -0.39 is 17.5 Å². The number of carbonyl (C=O) groups excluding carboxylic acids is 3. The number of H-pyrrole nitrogens is 1. The number of hydrogen-bond donors (Lipinski definition) is 2. The van der Waals surface area contributed by atoms with Crippen LogP contribution in [-0.4, -0.2) is 34.2 Å². The Labute approximate surface area is 195 Å². The Bertz CT molecular complexity index is 1400. The molecule has 3 aromatic carbocycles. The summed E-state index contributed by atoms with van der Waals surface area (Å²) in [6.07, 6.45) is 0. The predicted octanol–water partition coefficient (Wildman–Crippen LogP) is 5.14. The number of ketones is 1. The Balaban J connectivity index is 1.51. The van der Waals surface area contributed by atoms with Gasteiger partial charge in [-0.15, -0.1) is 0 Å². The number of amides is 3. The lowest BCUT2D eigenvalue weighted by atomic mass is 9.92. The van der Waals surface area contributed by atoms with E-state index in [-0.39, 0.29) is 12.3 Å². The van der Waals surface area contributed by atoms with Crippen LogP contribution in [0.4, 0.5) is 4.79 Å². The van der Waals surface area contributed by atoms with Crippen LogP contribution in [0.25, 0.3) is 22.2 Å². The number of imide groups is 1. The van der Waals surface area contributed by atoms with Gasteiger partial charge in [0, 0.05) is 15.9 Å². The summed E-state index contributed by atoms with van der Waals surface area (Å²) in [4.78, 5) is 43.9. The van der Waals surface area contributed by atoms with Crippen molar-refractivity contribution in [3.63, 3.8) is 0 Å². The van der Waals surface area contributed by atoms with E-state index in [9.17, 15) is 14.4 Å². The number of carbonyl (C=O) groups is 3. The van der Waals surface area contributed by atoms with E-state index in [2.05, 4.69) is 10.3 Å². The van der Waals surface area contributed by atoms with E-state index in [1.54, 1.807) is 31.2 Å². The zero-order valence-corrected chi connectivity index (χ0v) is 18.5. The monoisotopic (exact) mass is 457 g/mol. The number of nitrogens with one attached hydrogen (secondary N) is 2. The van der Waals surface area contributed by atoms with Crippen LogP contribution in [0.5, 0.6) is 0 Å². The van der Waals surface area contributed by atoms with Crippen molar-refractivity contribution in [3.05, 3.63) is 95.0 Å². The fourth-order valence-electron chi connectivity index (χ4n) is 4.30. The molecule has 3 amide bonds. The second kappa shape index (κ2) is 7.90. The minimum Gasteiger partial charge on any atom is -0.354 e. The molecule has 1 aliphatic heterocycles. The molecule has 7 heteroatoms. The van der Waals surface area contributed by atoms with Crippen molar-refractivity contribution >= 4 is 40.2 Å². The lowest BCUT2D eigenvalue weighted by molar-refractivity contribution is -0.130. The first-order valence-electron chi connectivity index (χ1n) is 10.5. The van der Waals surface area contributed by atoms with E-state index >= 15 is 0 Å². The molecule has 1 aliphatic rings. The summed E-state index contributed by atoms with van der Waals surface area (Å²) in [7, 11) is 0. The van der Waals surface area contributed by atoms with Crippen molar-refractivity contribution in [1.29, 1.82) is 0 Å². The maximum Gasteiger partial charge on any atom is 0.325 e. The highest BCUT2D eigenvalue weighted by Gasteiger charge is 2.49. The Morgan fingerprint density at radius 1 is 0.939 bits per heavy atom. The Morgan fingerprint density at radius 2 is 1.61 bits per heavy atom. The smallest absolute Gasteiger partial charge is 0.325 e. The van der Waals surface area contributed by atoms with Crippen LogP contribution in [-0.2, 0) is 10.3 Å². The Kier molecular flexibility index (Phi) is 5.02. The van der Waals surface area contributed by atoms with Crippen LogP contribution >= 0.6 is 11.6 Å². The summed E-state index contributed by atoms with van der Waals surface area (Å²) in [6.45, 7) is 1.26. The molecule has 0 bridgehead atoms. The third kappa shape index (κ3) is 3.49. The van der Waals surface area contributed by atoms with Gasteiger partial charge < -0.3 is 10.3 Å². The van der Waals surface area contributed by atoms with Crippen LogP contribution in [0.1, 0.15) is 22.8 Å². The molecule has 164 valence electrons. The van der Waals surface area contributed by atoms with Crippen molar-refractivity contribution in [3.8, 4) is 11.3 Å². The topological polar surface area (TPSA) is 82.3 Å². The van der Waals surface area contributed by atoms with Gasteiger partial charge in [-0.05, 0) is 36.2 Å². The maximum atomic E-state index is 13.5. The molecular formula is C26H20ClN3O3. The van der Waals surface area contributed by atoms with Crippen LogP contribution in [0.2, 0.25) is 5.02 Å². The molecule has 0 aliphatic carbocycles. The highest BCUT2D eigenvalue weighted by Crippen LogP contribution is 2.33. The summed E-state index contributed by atoms with van der Waals surface area (Å²) < 4.78 is 0. The van der Waals surface area contributed by atoms with Gasteiger partial charge in [0.25, 0.3) is 5.91 Å². The zero-order chi connectivity index (χ0) is 23.2. The number of benzene rings is 3. The molecule has 33 heavy (non-hydrogen) atoms. The van der Waals surface area contributed by atoms with Crippen LogP contribution in [0.15, 0.2) is 78.9 Å². The summed E-state index contributed by atoms with van der Waals surface area (Å²) >= 11 is 5.97. The maximum absolute atomic E-state index is 13.5. The summed E-state index contributed by atoms with van der Waals surface area (Å²) in [5, 5.41) is 4.01. The second-order valence-electron chi connectivity index (χ2n) is 8.16. The van der Waals surface area contributed by atoms with Crippen LogP contribution in [0, 0.1) is 0 Å². The van der Waals surface area contributed by atoms with Crippen molar-refractivity contribution in [2.75, 3.05) is 6.54 Å². The summed E-state index contributed by atoms with van der Waals surface area (Å²) in [6, 6.07) is 23.1. The predicted molar refractivity (Wildman–Crippen MR) is 127 cm³/mol. The van der Waals surface area contributed by atoms with Crippen LogP contribution in [0.3, 0.4) is 0 Å². The number of hydrogen-bond acceptors (Lipinski definition) is 3. The molecule has 1 aromatic heterocycles. The molecule has 0 radical (unpaired) electrons. The lowest BCUT2D eigenvalue weighted by Crippen LogP contribution is -2.41. The number of aromatic nitrogens is 1. The van der Waals surface area contributed by atoms with Crippen molar-refractivity contribution in [2.24, 2.45) is 0 Å². The summed E-state index contributed by atoms with van der Waals surface area (Å²) in [5.74, 6) is -0.806. The van der Waals surface area contributed by atoms with Gasteiger partial charge in [0.2, 0.25) is 0 Å². The highest BCUT2D eigenvalue weighted by atomic mass is 35.5. The van der Waals surface area contributed by atoms with E-state index in [4.69, 9.17) is 11.6 Å². The first-order valence-corrected chi connectivity index (χ1v) is 10.9. The zero-order valence-electron chi connectivity index (χ0n) is 17.8. The van der Waals surface area contributed by atoms with Crippen LogP contribution < -0.4 is 5.32 Å². The number of para-hydroxylation sites is 1. The first-order chi connectivity index (χ1) is 15.9. The number of urea groups is 1. The molecule has 6 nitrogen and oxygen atoms in total. The normalized spacial score (nSPS) is 18.1. The van der Waals surface area contributed by atoms with Gasteiger partial charge in [-0.1, -0.05) is 72.3 Å². The van der Waals surface area contributed by atoms with E-state index in [0.29, 0.717) is 21.8 Å². The molecule has 0 unspecified atom stereocenters. The molecule has 1 saturated heterocycles. The number of aromatic amines is 1. The van der Waals surface area contributed by atoms with E-state index in [1.165, 1.54) is 0 Å². The van der Waals surface area contributed by atoms with Crippen molar-refractivity contribution in [1.82, 2.24) is 15.2 Å². The average Bonchev–Trinajstić information content (AvgIpc) is 3.31. The molecule has 4 aromatic rings. The van der Waals surface area contributed by atoms with Gasteiger partial charge in [-0.25, -0.2) is 4.79 Å². The number of Topliss-reactive ketones (excluding diaryl/α,β-unsaturated/α-hetero) is 1. The molecule has 5 rings (SSSR count). The minimum atomic E-state index is -1.27. The second-order valence-corrected chi connectivity index (χ2v) is 8.60. The number of nitrogens with zero attached hydrogens (tertiary/aromatic N) is 1. The Morgan fingerprint density at radius 3 is 2.33 bits per heavy atom. The number of rotatable bonds is 5. The molecule has 0 spiro atoms. The lowest BCUT2D eigenvalue weighted by Gasteiger charge is -2.22. The van der Waals surface area contributed by atoms with Gasteiger partial charge in [0.15, 0.2) is 5.78 Å².